The average Bonchev–Trinajstić information content (AvgIpc) is 3.15. The minimum atomic E-state index is 0.279. The summed E-state index contributed by atoms with van der Waals surface area (Å²) in [7, 11) is 0. The van der Waals surface area contributed by atoms with Crippen molar-refractivity contribution in [1.82, 2.24) is 14.3 Å². The number of nitrogens with zero attached hydrogens (tertiary/aromatic N) is 4. The maximum atomic E-state index is 6.00. The van der Waals surface area contributed by atoms with Crippen LogP contribution < -0.4 is 4.90 Å². The number of rotatable bonds is 3. The predicted molar refractivity (Wildman–Crippen MR) is 87.2 cm³/mol. The Balaban J connectivity index is 1.49. The van der Waals surface area contributed by atoms with E-state index in [1.54, 1.807) is 0 Å². The third kappa shape index (κ3) is 2.74. The Hall–Kier alpha value is -1.50. The van der Waals surface area contributed by atoms with Crippen LogP contribution >= 0.6 is 11.5 Å². The number of anilines is 1. The predicted octanol–water partition coefficient (Wildman–Crippen LogP) is 1.94. The fourth-order valence-corrected chi connectivity index (χ4v) is 4.04. The van der Waals surface area contributed by atoms with E-state index >= 15 is 0 Å². The van der Waals surface area contributed by atoms with Gasteiger partial charge in [-0.25, -0.2) is 4.98 Å². The molecule has 1 aromatic heterocycles. The molecule has 22 heavy (non-hydrogen) atoms. The van der Waals surface area contributed by atoms with Crippen molar-refractivity contribution in [3.05, 3.63) is 41.7 Å². The average molecular weight is 316 g/mol. The molecule has 5 nitrogen and oxygen atoms in total. The fourth-order valence-electron chi connectivity index (χ4n) is 3.34. The first-order valence-electron chi connectivity index (χ1n) is 7.74. The molecular weight excluding hydrogens is 296 g/mol. The van der Waals surface area contributed by atoms with Gasteiger partial charge in [-0.15, -0.1) is 0 Å². The zero-order chi connectivity index (χ0) is 14.9. The smallest absolute Gasteiger partial charge is 0.205 e. The van der Waals surface area contributed by atoms with Crippen LogP contribution in [0.1, 0.15) is 11.4 Å². The lowest BCUT2D eigenvalue weighted by Crippen LogP contribution is -2.50. The lowest BCUT2D eigenvalue weighted by molar-refractivity contribution is -0.0499. The lowest BCUT2D eigenvalue weighted by atomic mass is 10.1. The minimum Gasteiger partial charge on any atom is -0.373 e. The van der Waals surface area contributed by atoms with Crippen LogP contribution in [0.15, 0.2) is 30.3 Å². The molecule has 0 amide bonds. The number of hydrogen-bond acceptors (Lipinski definition) is 6. The van der Waals surface area contributed by atoms with E-state index in [2.05, 4.69) is 49.5 Å². The van der Waals surface area contributed by atoms with Gasteiger partial charge in [0, 0.05) is 37.7 Å². The van der Waals surface area contributed by atoms with Gasteiger partial charge in [-0.3, -0.25) is 4.90 Å². The molecule has 1 aromatic carbocycles. The highest BCUT2D eigenvalue weighted by Crippen LogP contribution is 2.29. The van der Waals surface area contributed by atoms with Crippen molar-refractivity contribution in [2.75, 3.05) is 31.1 Å². The van der Waals surface area contributed by atoms with Crippen LogP contribution in [0.3, 0.4) is 0 Å². The van der Waals surface area contributed by atoms with Gasteiger partial charge >= 0.3 is 0 Å². The number of morpholine rings is 1. The Labute approximate surface area is 134 Å². The Morgan fingerprint density at radius 3 is 2.91 bits per heavy atom. The fraction of sp³-hybridized carbons (Fsp3) is 0.500. The first kappa shape index (κ1) is 14.1. The van der Waals surface area contributed by atoms with Gasteiger partial charge in [0.1, 0.15) is 5.82 Å². The van der Waals surface area contributed by atoms with Gasteiger partial charge in [-0.1, -0.05) is 30.3 Å². The molecule has 2 saturated heterocycles. The highest BCUT2D eigenvalue weighted by molar-refractivity contribution is 7.09. The maximum absolute atomic E-state index is 6.00. The first-order valence-corrected chi connectivity index (χ1v) is 8.52. The van der Waals surface area contributed by atoms with Crippen LogP contribution in [0.2, 0.25) is 0 Å². The molecule has 0 bridgehead atoms. The van der Waals surface area contributed by atoms with E-state index in [0.29, 0.717) is 6.04 Å². The molecule has 0 radical (unpaired) electrons. The summed E-state index contributed by atoms with van der Waals surface area (Å²) >= 11 is 1.49. The van der Waals surface area contributed by atoms with E-state index in [-0.39, 0.29) is 6.10 Å². The van der Waals surface area contributed by atoms with Crippen molar-refractivity contribution in [2.45, 2.75) is 25.6 Å². The van der Waals surface area contributed by atoms with Crippen molar-refractivity contribution < 1.29 is 4.74 Å². The topological polar surface area (TPSA) is 41.5 Å². The van der Waals surface area contributed by atoms with E-state index in [1.807, 2.05) is 6.92 Å². The van der Waals surface area contributed by atoms with Crippen molar-refractivity contribution in [2.24, 2.45) is 0 Å². The highest BCUT2D eigenvalue weighted by Gasteiger charge is 2.40. The first-order chi connectivity index (χ1) is 10.8. The van der Waals surface area contributed by atoms with Gasteiger partial charge in [0.25, 0.3) is 0 Å². The molecule has 6 heteroatoms. The highest BCUT2D eigenvalue weighted by atomic mass is 32.1. The molecular formula is C16H20N4OS. The monoisotopic (exact) mass is 316 g/mol. The van der Waals surface area contributed by atoms with Gasteiger partial charge in [0.2, 0.25) is 5.13 Å². The van der Waals surface area contributed by atoms with Crippen LogP contribution in [0.4, 0.5) is 5.13 Å². The Morgan fingerprint density at radius 1 is 1.27 bits per heavy atom. The van der Waals surface area contributed by atoms with Gasteiger partial charge in [-0.05, 0) is 12.5 Å². The molecule has 3 heterocycles. The number of aryl methyl sites for hydroxylation is 1. The van der Waals surface area contributed by atoms with Gasteiger partial charge in [-0.2, -0.15) is 4.37 Å². The molecule has 0 saturated carbocycles. The Bertz CT molecular complexity index is 632. The zero-order valence-corrected chi connectivity index (χ0v) is 13.5. The minimum absolute atomic E-state index is 0.279. The van der Waals surface area contributed by atoms with Crippen molar-refractivity contribution in [3.63, 3.8) is 0 Å². The molecule has 0 aliphatic carbocycles. The van der Waals surface area contributed by atoms with Crippen LogP contribution in [-0.4, -0.2) is 52.6 Å². The summed E-state index contributed by atoms with van der Waals surface area (Å²) in [6.07, 6.45) is 0.279. The summed E-state index contributed by atoms with van der Waals surface area (Å²) in [6, 6.07) is 11.1. The number of benzene rings is 1. The molecule has 2 aliphatic rings. The lowest BCUT2D eigenvalue weighted by Gasteiger charge is -2.36. The number of hydrogen-bond donors (Lipinski definition) is 0. The van der Waals surface area contributed by atoms with Crippen LogP contribution in [0.5, 0.6) is 0 Å². The summed E-state index contributed by atoms with van der Waals surface area (Å²) in [5.41, 5.74) is 1.37. The molecule has 2 fully saturated rings. The summed E-state index contributed by atoms with van der Waals surface area (Å²) in [5, 5.41) is 1.02. The van der Waals surface area contributed by atoms with E-state index in [0.717, 1.165) is 43.7 Å². The summed E-state index contributed by atoms with van der Waals surface area (Å²) in [4.78, 5) is 9.39. The summed E-state index contributed by atoms with van der Waals surface area (Å²) in [5.74, 6) is 0.858. The number of aromatic nitrogens is 2. The number of fused-ring (bicyclic) bond motifs is 1. The molecule has 116 valence electrons. The van der Waals surface area contributed by atoms with Crippen LogP contribution in [0.25, 0.3) is 0 Å². The standard InChI is InChI=1S/C16H20N4OS/c1-12-17-16(22-18-12)20-10-14-15(11-20)21-8-7-19(14)9-13-5-3-2-4-6-13/h2-6,14-15H,7-11H2,1H3/t14-,15-/m1/s1. The van der Waals surface area contributed by atoms with Gasteiger partial charge in [0.05, 0.1) is 18.8 Å². The molecule has 2 atom stereocenters. The molecule has 0 unspecified atom stereocenters. The van der Waals surface area contributed by atoms with Gasteiger partial charge < -0.3 is 9.64 Å². The molecule has 2 aliphatic heterocycles. The maximum Gasteiger partial charge on any atom is 0.205 e. The van der Waals surface area contributed by atoms with E-state index in [1.165, 1.54) is 17.1 Å². The molecule has 2 aromatic rings. The second kappa shape index (κ2) is 5.95. The largest absolute Gasteiger partial charge is 0.373 e. The van der Waals surface area contributed by atoms with Crippen molar-refractivity contribution in [1.29, 1.82) is 0 Å². The molecule has 0 N–H and O–H groups in total. The second-order valence-corrected chi connectivity index (χ2v) is 6.69. The molecule has 0 spiro atoms. The Morgan fingerprint density at radius 2 is 2.14 bits per heavy atom. The normalized spacial score (nSPS) is 25.4. The van der Waals surface area contributed by atoms with E-state index < -0.39 is 0 Å². The van der Waals surface area contributed by atoms with Crippen LogP contribution in [0, 0.1) is 6.92 Å². The van der Waals surface area contributed by atoms with E-state index in [9.17, 15) is 0 Å². The van der Waals surface area contributed by atoms with Crippen molar-refractivity contribution >= 4 is 16.7 Å². The van der Waals surface area contributed by atoms with E-state index in [4.69, 9.17) is 4.74 Å². The third-order valence-electron chi connectivity index (χ3n) is 4.43. The SMILES string of the molecule is Cc1nsc(N2C[C@@H]3[C@@H](C2)OCCN3Cc2ccccc2)n1. The summed E-state index contributed by atoms with van der Waals surface area (Å²) < 4.78 is 10.3. The number of ether oxygens (including phenoxy) is 1. The van der Waals surface area contributed by atoms with Gasteiger partial charge in [0.15, 0.2) is 0 Å². The van der Waals surface area contributed by atoms with Crippen molar-refractivity contribution in [3.8, 4) is 0 Å². The summed E-state index contributed by atoms with van der Waals surface area (Å²) in [6.45, 7) is 6.66. The molecule has 4 rings (SSSR count). The Kier molecular flexibility index (Phi) is 3.82. The second-order valence-electron chi connectivity index (χ2n) is 5.96. The quantitative estimate of drug-likeness (QED) is 0.865. The van der Waals surface area contributed by atoms with Crippen LogP contribution in [-0.2, 0) is 11.3 Å². The third-order valence-corrected chi connectivity index (χ3v) is 5.30. The zero-order valence-electron chi connectivity index (χ0n) is 12.7.